The summed E-state index contributed by atoms with van der Waals surface area (Å²) in [6.45, 7) is 4.44. The fourth-order valence-electron chi connectivity index (χ4n) is 5.04. The van der Waals surface area contributed by atoms with Crippen molar-refractivity contribution in [2.45, 2.75) is 69.2 Å². The van der Waals surface area contributed by atoms with Gasteiger partial charge in [0.25, 0.3) is 0 Å². The summed E-state index contributed by atoms with van der Waals surface area (Å²) in [5, 5.41) is 2.99. The molecule has 3 fully saturated rings. The van der Waals surface area contributed by atoms with Crippen molar-refractivity contribution < 1.29 is 18.7 Å². The third-order valence-corrected chi connectivity index (χ3v) is 6.99. The highest BCUT2D eigenvalue weighted by molar-refractivity contribution is 5.74. The van der Waals surface area contributed by atoms with Gasteiger partial charge in [0.15, 0.2) is 0 Å². The molecule has 0 radical (unpaired) electrons. The molecule has 31 heavy (non-hydrogen) atoms. The molecule has 1 unspecified atom stereocenters. The number of piperidine rings is 1. The Morgan fingerprint density at radius 3 is 2.65 bits per heavy atom. The Balaban J connectivity index is 1.31. The molecule has 1 aliphatic carbocycles. The highest BCUT2D eigenvalue weighted by Gasteiger charge is 2.44. The number of halogens is 1. The van der Waals surface area contributed by atoms with E-state index in [1.54, 1.807) is 19.2 Å². The first kappa shape index (κ1) is 22.5. The molecule has 7 heteroatoms. The zero-order valence-corrected chi connectivity index (χ0v) is 18.7. The van der Waals surface area contributed by atoms with E-state index in [-0.39, 0.29) is 17.4 Å². The quantitative estimate of drug-likeness (QED) is 0.637. The fourth-order valence-corrected chi connectivity index (χ4v) is 5.04. The van der Waals surface area contributed by atoms with Crippen LogP contribution in [-0.4, -0.2) is 73.5 Å². The van der Waals surface area contributed by atoms with E-state index in [4.69, 9.17) is 9.47 Å². The van der Waals surface area contributed by atoms with Crippen molar-refractivity contribution in [3.63, 3.8) is 0 Å². The van der Waals surface area contributed by atoms with E-state index in [1.807, 2.05) is 17.0 Å². The van der Waals surface area contributed by atoms with Crippen molar-refractivity contribution in [3.8, 4) is 0 Å². The molecule has 1 aromatic rings. The number of methoxy groups -OCH3 is 1. The van der Waals surface area contributed by atoms with E-state index in [2.05, 4.69) is 10.2 Å². The zero-order chi connectivity index (χ0) is 21.7. The van der Waals surface area contributed by atoms with E-state index < -0.39 is 0 Å². The van der Waals surface area contributed by atoms with Crippen molar-refractivity contribution in [3.05, 3.63) is 35.6 Å². The van der Waals surface area contributed by atoms with Crippen molar-refractivity contribution in [1.29, 1.82) is 0 Å². The van der Waals surface area contributed by atoms with Crippen LogP contribution in [0.15, 0.2) is 24.3 Å². The van der Waals surface area contributed by atoms with Gasteiger partial charge >= 0.3 is 6.03 Å². The van der Waals surface area contributed by atoms with Crippen LogP contribution in [0.5, 0.6) is 0 Å². The number of urea groups is 1. The third kappa shape index (κ3) is 5.96. The molecular formula is C24H36FN3O3. The molecule has 1 aromatic carbocycles. The number of ether oxygens (including phenoxy) is 2. The van der Waals surface area contributed by atoms with Gasteiger partial charge in [-0.3, -0.25) is 4.90 Å². The third-order valence-electron chi connectivity index (χ3n) is 6.99. The molecule has 2 amide bonds. The second-order valence-electron chi connectivity index (χ2n) is 9.27. The normalized spacial score (nSPS) is 23.3. The first-order valence-electron chi connectivity index (χ1n) is 11.7. The van der Waals surface area contributed by atoms with Crippen LogP contribution in [0.25, 0.3) is 0 Å². The maximum absolute atomic E-state index is 13.3. The Morgan fingerprint density at radius 1 is 1.23 bits per heavy atom. The molecule has 2 aliphatic heterocycles. The summed E-state index contributed by atoms with van der Waals surface area (Å²) < 4.78 is 24.7. The monoisotopic (exact) mass is 433 g/mol. The highest BCUT2D eigenvalue weighted by atomic mass is 19.1. The van der Waals surface area contributed by atoms with Gasteiger partial charge in [0, 0.05) is 58.6 Å². The molecule has 0 bridgehead atoms. The van der Waals surface area contributed by atoms with Crippen LogP contribution in [0.3, 0.4) is 0 Å². The SMILES string of the molecule is COCCCNC(=O)N1CCC2(CC1)CC(N(Cc1ccc(F)cc1)C1CC1)CCO2. The van der Waals surface area contributed by atoms with Gasteiger partial charge in [0.05, 0.1) is 5.60 Å². The predicted octanol–water partition coefficient (Wildman–Crippen LogP) is 3.55. The van der Waals surface area contributed by atoms with Crippen LogP contribution in [0.1, 0.15) is 50.5 Å². The van der Waals surface area contributed by atoms with Gasteiger partial charge in [-0.15, -0.1) is 0 Å². The van der Waals surface area contributed by atoms with E-state index in [0.717, 1.165) is 58.3 Å². The van der Waals surface area contributed by atoms with Crippen LogP contribution in [0.4, 0.5) is 9.18 Å². The van der Waals surface area contributed by atoms with Crippen LogP contribution < -0.4 is 5.32 Å². The number of carbonyl (C=O) groups is 1. The summed E-state index contributed by atoms with van der Waals surface area (Å²) in [5.74, 6) is -0.179. The topological polar surface area (TPSA) is 54.0 Å². The molecule has 1 saturated carbocycles. The summed E-state index contributed by atoms with van der Waals surface area (Å²) in [6, 6.07) is 8.08. The maximum atomic E-state index is 13.3. The smallest absolute Gasteiger partial charge is 0.317 e. The second kappa shape index (κ2) is 10.3. The molecule has 1 N–H and O–H groups in total. The number of hydrogen-bond donors (Lipinski definition) is 1. The number of amides is 2. The number of carbonyl (C=O) groups excluding carboxylic acids is 1. The molecule has 4 rings (SSSR count). The Bertz CT molecular complexity index is 717. The van der Waals surface area contributed by atoms with Gasteiger partial charge in [-0.1, -0.05) is 12.1 Å². The van der Waals surface area contributed by atoms with Gasteiger partial charge in [-0.25, -0.2) is 9.18 Å². The van der Waals surface area contributed by atoms with Gasteiger partial charge < -0.3 is 19.7 Å². The summed E-state index contributed by atoms with van der Waals surface area (Å²) in [7, 11) is 1.67. The average Bonchev–Trinajstić information content (AvgIpc) is 3.62. The van der Waals surface area contributed by atoms with E-state index in [0.29, 0.717) is 25.2 Å². The average molecular weight is 434 g/mol. The lowest BCUT2D eigenvalue weighted by molar-refractivity contribution is -0.131. The van der Waals surface area contributed by atoms with Crippen molar-refractivity contribution in [1.82, 2.24) is 15.1 Å². The largest absolute Gasteiger partial charge is 0.385 e. The van der Waals surface area contributed by atoms with E-state index >= 15 is 0 Å². The van der Waals surface area contributed by atoms with Crippen LogP contribution in [0, 0.1) is 5.82 Å². The number of benzene rings is 1. The fraction of sp³-hybridized carbons (Fsp3) is 0.708. The molecule has 2 saturated heterocycles. The first-order chi connectivity index (χ1) is 15.1. The Morgan fingerprint density at radius 2 is 1.97 bits per heavy atom. The molecule has 1 atom stereocenters. The number of hydrogen-bond acceptors (Lipinski definition) is 4. The van der Waals surface area contributed by atoms with E-state index in [1.165, 1.54) is 18.4 Å². The molecule has 6 nitrogen and oxygen atoms in total. The Hall–Kier alpha value is -1.70. The summed E-state index contributed by atoms with van der Waals surface area (Å²) in [5.41, 5.74) is 1.06. The molecule has 2 heterocycles. The summed E-state index contributed by atoms with van der Waals surface area (Å²) in [4.78, 5) is 17.0. The lowest BCUT2D eigenvalue weighted by Gasteiger charge is -2.48. The number of nitrogens with one attached hydrogen (secondary N) is 1. The predicted molar refractivity (Wildman–Crippen MR) is 117 cm³/mol. The number of nitrogens with zero attached hydrogens (tertiary/aromatic N) is 2. The van der Waals surface area contributed by atoms with Gasteiger partial charge in [-0.05, 0) is 62.6 Å². The summed E-state index contributed by atoms with van der Waals surface area (Å²) >= 11 is 0. The molecule has 172 valence electrons. The molecule has 0 aromatic heterocycles. The van der Waals surface area contributed by atoms with Crippen LogP contribution in [-0.2, 0) is 16.0 Å². The standard InChI is InChI=1S/C24H36FN3O3/c1-30-15-2-12-26-23(29)27-13-10-24(11-14-27)17-22(9-16-31-24)28(21-7-8-21)18-19-3-5-20(25)6-4-19/h3-6,21-22H,2,7-18H2,1H3,(H,26,29). The molecular weight excluding hydrogens is 397 g/mol. The lowest BCUT2D eigenvalue weighted by atomic mass is 9.81. The Labute approximate surface area is 185 Å². The zero-order valence-electron chi connectivity index (χ0n) is 18.7. The maximum Gasteiger partial charge on any atom is 0.317 e. The first-order valence-corrected chi connectivity index (χ1v) is 11.7. The minimum Gasteiger partial charge on any atom is -0.385 e. The minimum atomic E-state index is -0.179. The lowest BCUT2D eigenvalue weighted by Crippen LogP contribution is -2.56. The van der Waals surface area contributed by atoms with Gasteiger partial charge in [0.1, 0.15) is 5.82 Å². The van der Waals surface area contributed by atoms with E-state index in [9.17, 15) is 9.18 Å². The Kier molecular flexibility index (Phi) is 7.46. The van der Waals surface area contributed by atoms with Crippen LogP contribution in [0.2, 0.25) is 0 Å². The number of likely N-dealkylation sites (tertiary alicyclic amines) is 1. The van der Waals surface area contributed by atoms with Crippen LogP contribution >= 0.6 is 0 Å². The molecule has 3 aliphatic rings. The van der Waals surface area contributed by atoms with Crippen molar-refractivity contribution in [2.75, 3.05) is 40.0 Å². The van der Waals surface area contributed by atoms with Crippen molar-refractivity contribution in [2.24, 2.45) is 0 Å². The molecule has 1 spiro atoms. The van der Waals surface area contributed by atoms with Gasteiger partial charge in [-0.2, -0.15) is 0 Å². The van der Waals surface area contributed by atoms with Gasteiger partial charge in [0.2, 0.25) is 0 Å². The summed E-state index contributed by atoms with van der Waals surface area (Å²) in [6.07, 6.45) is 7.19. The minimum absolute atomic E-state index is 0.0224. The second-order valence-corrected chi connectivity index (χ2v) is 9.27. The number of rotatable bonds is 8. The highest BCUT2D eigenvalue weighted by Crippen LogP contribution is 2.40. The van der Waals surface area contributed by atoms with Crippen molar-refractivity contribution >= 4 is 6.03 Å².